The Balaban J connectivity index is 2.61. The molecule has 1 rings (SSSR count). The monoisotopic (exact) mass is 247 g/mol. The Kier molecular flexibility index (Phi) is 5.90. The molecule has 1 aromatic rings. The van der Waals surface area contributed by atoms with Crippen molar-refractivity contribution in [1.29, 1.82) is 0 Å². The van der Waals surface area contributed by atoms with Gasteiger partial charge in [0, 0.05) is 11.6 Å². The lowest BCUT2D eigenvalue weighted by molar-refractivity contribution is -0.119. The van der Waals surface area contributed by atoms with Crippen LogP contribution in [0.4, 0.5) is 5.69 Å². The standard InChI is InChI=1S/C16H25NO/c1-5-7-13(4)16(18)17-15-10-8-14(9-11-15)12(3)6-2/h8-13H,5-7H2,1-4H3,(H,17,18)/t12-,13+/m0/s1. The summed E-state index contributed by atoms with van der Waals surface area (Å²) in [6.07, 6.45) is 3.12. The number of anilines is 1. The minimum atomic E-state index is 0.0873. The van der Waals surface area contributed by atoms with E-state index in [0.29, 0.717) is 5.92 Å². The van der Waals surface area contributed by atoms with Gasteiger partial charge in [0.15, 0.2) is 0 Å². The Bertz CT molecular complexity index is 369. The summed E-state index contributed by atoms with van der Waals surface area (Å²) < 4.78 is 0. The lowest BCUT2D eigenvalue weighted by atomic mass is 9.98. The summed E-state index contributed by atoms with van der Waals surface area (Å²) in [5.74, 6) is 0.783. The molecule has 0 aliphatic rings. The third kappa shape index (κ3) is 4.17. The quantitative estimate of drug-likeness (QED) is 0.783. The van der Waals surface area contributed by atoms with Crippen LogP contribution in [-0.4, -0.2) is 5.91 Å². The molecular weight excluding hydrogens is 222 g/mol. The minimum Gasteiger partial charge on any atom is -0.326 e. The van der Waals surface area contributed by atoms with Gasteiger partial charge in [0.1, 0.15) is 0 Å². The van der Waals surface area contributed by atoms with Crippen molar-refractivity contribution >= 4 is 11.6 Å². The molecule has 0 bridgehead atoms. The highest BCUT2D eigenvalue weighted by Gasteiger charge is 2.11. The van der Waals surface area contributed by atoms with Crippen LogP contribution >= 0.6 is 0 Å². The zero-order chi connectivity index (χ0) is 13.5. The van der Waals surface area contributed by atoms with Crippen LogP contribution < -0.4 is 5.32 Å². The summed E-state index contributed by atoms with van der Waals surface area (Å²) in [6.45, 7) is 8.49. The Hall–Kier alpha value is -1.31. The molecule has 0 spiro atoms. The van der Waals surface area contributed by atoms with E-state index in [1.165, 1.54) is 5.56 Å². The number of carbonyl (C=O) groups is 1. The molecule has 2 nitrogen and oxygen atoms in total. The maximum atomic E-state index is 11.9. The van der Waals surface area contributed by atoms with Gasteiger partial charge < -0.3 is 5.32 Å². The first kappa shape index (κ1) is 14.7. The van der Waals surface area contributed by atoms with Crippen LogP contribution in [0.15, 0.2) is 24.3 Å². The van der Waals surface area contributed by atoms with Gasteiger partial charge in [-0.25, -0.2) is 0 Å². The SMILES string of the molecule is CCC[C@@H](C)C(=O)Nc1ccc([C@@H](C)CC)cc1. The Morgan fingerprint density at radius 1 is 1.17 bits per heavy atom. The number of amides is 1. The molecule has 0 aromatic heterocycles. The molecule has 0 aliphatic heterocycles. The van der Waals surface area contributed by atoms with Crippen molar-refractivity contribution in [2.75, 3.05) is 5.32 Å². The highest BCUT2D eigenvalue weighted by molar-refractivity contribution is 5.92. The number of carbonyl (C=O) groups excluding carboxylic acids is 1. The van der Waals surface area contributed by atoms with E-state index >= 15 is 0 Å². The molecule has 0 unspecified atom stereocenters. The number of hydrogen-bond donors (Lipinski definition) is 1. The fourth-order valence-electron chi connectivity index (χ4n) is 1.96. The summed E-state index contributed by atoms with van der Waals surface area (Å²) in [7, 11) is 0. The summed E-state index contributed by atoms with van der Waals surface area (Å²) >= 11 is 0. The van der Waals surface area contributed by atoms with Gasteiger partial charge in [0.25, 0.3) is 0 Å². The number of hydrogen-bond acceptors (Lipinski definition) is 1. The second kappa shape index (κ2) is 7.20. The highest BCUT2D eigenvalue weighted by atomic mass is 16.1. The van der Waals surface area contributed by atoms with E-state index in [-0.39, 0.29) is 11.8 Å². The van der Waals surface area contributed by atoms with E-state index in [1.807, 2.05) is 19.1 Å². The number of benzene rings is 1. The van der Waals surface area contributed by atoms with Crippen LogP contribution in [-0.2, 0) is 4.79 Å². The number of rotatable bonds is 6. The molecule has 0 radical (unpaired) electrons. The van der Waals surface area contributed by atoms with Crippen molar-refractivity contribution < 1.29 is 4.79 Å². The molecule has 0 saturated heterocycles. The van der Waals surface area contributed by atoms with Crippen molar-refractivity contribution in [2.45, 2.75) is 52.9 Å². The molecule has 1 amide bonds. The van der Waals surface area contributed by atoms with Gasteiger partial charge in [-0.1, -0.05) is 46.2 Å². The Morgan fingerprint density at radius 2 is 1.78 bits per heavy atom. The first-order valence-electron chi connectivity index (χ1n) is 6.99. The van der Waals surface area contributed by atoms with Crippen molar-refractivity contribution in [3.05, 3.63) is 29.8 Å². The summed E-state index contributed by atoms with van der Waals surface area (Å²) in [5.41, 5.74) is 2.23. The van der Waals surface area contributed by atoms with Crippen molar-refractivity contribution in [2.24, 2.45) is 5.92 Å². The van der Waals surface area contributed by atoms with Crippen molar-refractivity contribution in [3.8, 4) is 0 Å². The largest absolute Gasteiger partial charge is 0.326 e. The van der Waals surface area contributed by atoms with Gasteiger partial charge in [-0.05, 0) is 36.5 Å². The minimum absolute atomic E-state index is 0.0873. The fourth-order valence-corrected chi connectivity index (χ4v) is 1.96. The molecule has 18 heavy (non-hydrogen) atoms. The van der Waals surface area contributed by atoms with Gasteiger partial charge in [0.05, 0.1) is 0 Å². The molecule has 0 aliphatic carbocycles. The molecule has 0 fully saturated rings. The molecule has 2 heteroatoms. The van der Waals surface area contributed by atoms with E-state index < -0.39 is 0 Å². The van der Waals surface area contributed by atoms with E-state index in [9.17, 15) is 4.79 Å². The fraction of sp³-hybridized carbons (Fsp3) is 0.562. The van der Waals surface area contributed by atoms with Crippen molar-refractivity contribution in [3.63, 3.8) is 0 Å². The van der Waals surface area contributed by atoms with Crippen LogP contribution in [0, 0.1) is 5.92 Å². The van der Waals surface area contributed by atoms with Gasteiger partial charge in [0.2, 0.25) is 5.91 Å². The highest BCUT2D eigenvalue weighted by Crippen LogP contribution is 2.21. The predicted molar refractivity (Wildman–Crippen MR) is 77.8 cm³/mol. The van der Waals surface area contributed by atoms with Crippen LogP contribution in [0.25, 0.3) is 0 Å². The Morgan fingerprint density at radius 3 is 2.28 bits per heavy atom. The van der Waals surface area contributed by atoms with Gasteiger partial charge in [-0.2, -0.15) is 0 Å². The second-order valence-corrected chi connectivity index (χ2v) is 5.11. The lowest BCUT2D eigenvalue weighted by Gasteiger charge is -2.13. The predicted octanol–water partition coefficient (Wildman–Crippen LogP) is 4.57. The number of nitrogens with one attached hydrogen (secondary N) is 1. The van der Waals surface area contributed by atoms with E-state index in [2.05, 4.69) is 38.2 Å². The average molecular weight is 247 g/mol. The lowest BCUT2D eigenvalue weighted by Crippen LogP contribution is -2.20. The second-order valence-electron chi connectivity index (χ2n) is 5.11. The molecule has 0 heterocycles. The van der Waals surface area contributed by atoms with Crippen LogP contribution in [0.1, 0.15) is 58.4 Å². The van der Waals surface area contributed by atoms with E-state index in [4.69, 9.17) is 0 Å². The van der Waals surface area contributed by atoms with Gasteiger partial charge in [-0.3, -0.25) is 4.79 Å². The zero-order valence-corrected chi connectivity index (χ0v) is 12.0. The molecule has 1 N–H and O–H groups in total. The third-order valence-electron chi connectivity index (χ3n) is 3.53. The Labute approximate surface area is 111 Å². The summed E-state index contributed by atoms with van der Waals surface area (Å²) in [4.78, 5) is 11.9. The molecule has 1 aromatic carbocycles. The van der Waals surface area contributed by atoms with Gasteiger partial charge in [-0.15, -0.1) is 0 Å². The smallest absolute Gasteiger partial charge is 0.227 e. The van der Waals surface area contributed by atoms with Crippen LogP contribution in [0.3, 0.4) is 0 Å². The van der Waals surface area contributed by atoms with Gasteiger partial charge >= 0.3 is 0 Å². The third-order valence-corrected chi connectivity index (χ3v) is 3.53. The topological polar surface area (TPSA) is 29.1 Å². The summed E-state index contributed by atoms with van der Waals surface area (Å²) in [5, 5.41) is 2.97. The molecular formula is C16H25NO. The maximum absolute atomic E-state index is 11.9. The molecule has 100 valence electrons. The molecule has 0 saturated carbocycles. The molecule has 2 atom stereocenters. The first-order valence-corrected chi connectivity index (χ1v) is 6.99. The van der Waals surface area contributed by atoms with E-state index in [1.54, 1.807) is 0 Å². The van der Waals surface area contributed by atoms with Crippen LogP contribution in [0.5, 0.6) is 0 Å². The zero-order valence-electron chi connectivity index (χ0n) is 12.0. The van der Waals surface area contributed by atoms with Crippen LogP contribution in [0.2, 0.25) is 0 Å². The normalized spacial score (nSPS) is 14.0. The van der Waals surface area contributed by atoms with Crippen molar-refractivity contribution in [1.82, 2.24) is 0 Å². The maximum Gasteiger partial charge on any atom is 0.227 e. The summed E-state index contributed by atoms with van der Waals surface area (Å²) in [6, 6.07) is 8.21. The van der Waals surface area contributed by atoms with E-state index in [0.717, 1.165) is 24.9 Å². The first-order chi connectivity index (χ1) is 8.58. The average Bonchev–Trinajstić information content (AvgIpc) is 2.39.